The SMILES string of the molecule is COC(=O)c1ccc(Nc2ncc(C(=O)Nc3cccc(OC)c3)cn2)cc1. The Morgan fingerprint density at radius 2 is 1.61 bits per heavy atom. The zero-order valence-corrected chi connectivity index (χ0v) is 15.3. The summed E-state index contributed by atoms with van der Waals surface area (Å²) in [6, 6.07) is 13.7. The number of amides is 1. The van der Waals surface area contributed by atoms with Crippen LogP contribution in [0.2, 0.25) is 0 Å². The first kappa shape index (κ1) is 18.8. The van der Waals surface area contributed by atoms with E-state index in [0.29, 0.717) is 34.2 Å². The predicted octanol–water partition coefficient (Wildman–Crippen LogP) is 3.27. The Bertz CT molecular complexity index is 972. The van der Waals surface area contributed by atoms with Gasteiger partial charge in [-0.3, -0.25) is 4.79 Å². The molecule has 0 fully saturated rings. The van der Waals surface area contributed by atoms with E-state index in [9.17, 15) is 9.59 Å². The second-order valence-corrected chi connectivity index (χ2v) is 5.68. The summed E-state index contributed by atoms with van der Waals surface area (Å²) < 4.78 is 9.79. The van der Waals surface area contributed by atoms with E-state index in [1.54, 1.807) is 55.6 Å². The summed E-state index contributed by atoms with van der Waals surface area (Å²) in [5.41, 5.74) is 2.06. The average molecular weight is 378 g/mol. The largest absolute Gasteiger partial charge is 0.497 e. The van der Waals surface area contributed by atoms with Gasteiger partial charge >= 0.3 is 5.97 Å². The molecule has 3 rings (SSSR count). The van der Waals surface area contributed by atoms with Crippen LogP contribution in [0.25, 0.3) is 0 Å². The summed E-state index contributed by atoms with van der Waals surface area (Å²) in [5, 5.41) is 5.76. The van der Waals surface area contributed by atoms with Gasteiger partial charge in [0.25, 0.3) is 5.91 Å². The molecule has 1 aromatic heterocycles. The van der Waals surface area contributed by atoms with Gasteiger partial charge in [0.1, 0.15) is 5.75 Å². The number of nitrogens with one attached hydrogen (secondary N) is 2. The van der Waals surface area contributed by atoms with Crippen molar-refractivity contribution in [2.24, 2.45) is 0 Å². The summed E-state index contributed by atoms with van der Waals surface area (Å²) in [7, 11) is 2.89. The minimum absolute atomic E-state index is 0.314. The lowest BCUT2D eigenvalue weighted by Gasteiger charge is -2.08. The summed E-state index contributed by atoms with van der Waals surface area (Å²) in [5.74, 6) is 0.229. The lowest BCUT2D eigenvalue weighted by atomic mass is 10.2. The molecule has 2 aromatic carbocycles. The molecule has 0 unspecified atom stereocenters. The quantitative estimate of drug-likeness (QED) is 0.635. The first-order valence-electron chi connectivity index (χ1n) is 8.32. The molecule has 1 heterocycles. The maximum Gasteiger partial charge on any atom is 0.337 e. The first-order chi connectivity index (χ1) is 13.6. The van der Waals surface area contributed by atoms with E-state index >= 15 is 0 Å². The van der Waals surface area contributed by atoms with E-state index in [1.165, 1.54) is 19.5 Å². The van der Waals surface area contributed by atoms with Crippen molar-refractivity contribution in [1.82, 2.24) is 9.97 Å². The normalized spacial score (nSPS) is 10.1. The highest BCUT2D eigenvalue weighted by atomic mass is 16.5. The Hall–Kier alpha value is -3.94. The summed E-state index contributed by atoms with van der Waals surface area (Å²) >= 11 is 0. The minimum atomic E-state index is -0.408. The number of aromatic nitrogens is 2. The Labute approximate surface area is 161 Å². The summed E-state index contributed by atoms with van der Waals surface area (Å²) in [6.45, 7) is 0. The van der Waals surface area contributed by atoms with E-state index in [-0.39, 0.29) is 5.91 Å². The number of esters is 1. The minimum Gasteiger partial charge on any atom is -0.497 e. The molecule has 0 radical (unpaired) electrons. The Morgan fingerprint density at radius 3 is 2.25 bits per heavy atom. The zero-order valence-electron chi connectivity index (χ0n) is 15.3. The highest BCUT2D eigenvalue weighted by Gasteiger charge is 2.09. The third-order valence-corrected chi connectivity index (χ3v) is 3.80. The van der Waals surface area contributed by atoms with Gasteiger partial charge in [-0.25, -0.2) is 14.8 Å². The van der Waals surface area contributed by atoms with Crippen molar-refractivity contribution in [1.29, 1.82) is 0 Å². The van der Waals surface area contributed by atoms with Gasteiger partial charge < -0.3 is 20.1 Å². The molecule has 0 spiro atoms. The van der Waals surface area contributed by atoms with Gasteiger partial charge in [0, 0.05) is 29.8 Å². The number of rotatable bonds is 6. The van der Waals surface area contributed by atoms with Gasteiger partial charge in [-0.15, -0.1) is 0 Å². The molecule has 0 saturated heterocycles. The van der Waals surface area contributed by atoms with Crippen molar-refractivity contribution in [3.05, 3.63) is 72.1 Å². The van der Waals surface area contributed by atoms with Crippen molar-refractivity contribution in [2.75, 3.05) is 24.9 Å². The van der Waals surface area contributed by atoms with Crippen molar-refractivity contribution in [3.8, 4) is 5.75 Å². The molecule has 0 saturated carbocycles. The summed E-state index contributed by atoms with van der Waals surface area (Å²) in [6.07, 6.45) is 2.85. The van der Waals surface area contributed by atoms with Crippen molar-refractivity contribution in [3.63, 3.8) is 0 Å². The fourth-order valence-electron chi connectivity index (χ4n) is 2.35. The third kappa shape index (κ3) is 4.61. The maximum atomic E-state index is 12.3. The molecule has 0 aliphatic heterocycles. The average Bonchev–Trinajstić information content (AvgIpc) is 2.74. The fraction of sp³-hybridized carbons (Fsp3) is 0.100. The lowest BCUT2D eigenvalue weighted by molar-refractivity contribution is 0.0600. The second-order valence-electron chi connectivity index (χ2n) is 5.68. The van der Waals surface area contributed by atoms with Gasteiger partial charge in [-0.05, 0) is 36.4 Å². The number of nitrogens with zero attached hydrogens (tertiary/aromatic N) is 2. The fourth-order valence-corrected chi connectivity index (χ4v) is 2.35. The van der Waals surface area contributed by atoms with Crippen LogP contribution in [0.3, 0.4) is 0 Å². The van der Waals surface area contributed by atoms with Gasteiger partial charge in [0.15, 0.2) is 0 Å². The molecule has 0 aliphatic carbocycles. The van der Waals surface area contributed by atoms with Crippen LogP contribution in [0.15, 0.2) is 60.9 Å². The van der Waals surface area contributed by atoms with E-state index < -0.39 is 5.97 Å². The van der Waals surface area contributed by atoms with Gasteiger partial charge in [0.05, 0.1) is 25.3 Å². The lowest BCUT2D eigenvalue weighted by Crippen LogP contribution is -2.13. The predicted molar refractivity (Wildman–Crippen MR) is 104 cm³/mol. The topological polar surface area (TPSA) is 102 Å². The van der Waals surface area contributed by atoms with E-state index in [4.69, 9.17) is 4.74 Å². The van der Waals surface area contributed by atoms with E-state index in [2.05, 4.69) is 25.3 Å². The highest BCUT2D eigenvalue weighted by molar-refractivity contribution is 6.04. The molecule has 8 heteroatoms. The maximum absolute atomic E-state index is 12.3. The molecular weight excluding hydrogens is 360 g/mol. The summed E-state index contributed by atoms with van der Waals surface area (Å²) in [4.78, 5) is 32.0. The first-order valence-corrected chi connectivity index (χ1v) is 8.32. The van der Waals surface area contributed by atoms with Crippen LogP contribution in [0.4, 0.5) is 17.3 Å². The smallest absolute Gasteiger partial charge is 0.337 e. The molecule has 28 heavy (non-hydrogen) atoms. The Morgan fingerprint density at radius 1 is 0.893 bits per heavy atom. The second kappa shape index (κ2) is 8.63. The van der Waals surface area contributed by atoms with Crippen LogP contribution in [0, 0.1) is 0 Å². The number of methoxy groups -OCH3 is 2. The molecule has 0 bridgehead atoms. The molecular formula is C20H18N4O4. The van der Waals surface area contributed by atoms with Crippen LogP contribution in [-0.4, -0.2) is 36.1 Å². The van der Waals surface area contributed by atoms with Crippen molar-refractivity contribution >= 4 is 29.2 Å². The molecule has 2 N–H and O–H groups in total. The molecule has 8 nitrogen and oxygen atoms in total. The van der Waals surface area contributed by atoms with Crippen molar-refractivity contribution in [2.45, 2.75) is 0 Å². The third-order valence-electron chi connectivity index (χ3n) is 3.80. The van der Waals surface area contributed by atoms with Gasteiger partial charge in [-0.2, -0.15) is 0 Å². The number of hydrogen-bond donors (Lipinski definition) is 2. The van der Waals surface area contributed by atoms with Crippen LogP contribution in [0.5, 0.6) is 5.75 Å². The van der Waals surface area contributed by atoms with E-state index in [0.717, 1.165) is 0 Å². The number of anilines is 3. The van der Waals surface area contributed by atoms with Crippen LogP contribution in [0.1, 0.15) is 20.7 Å². The molecule has 1 amide bonds. The van der Waals surface area contributed by atoms with Gasteiger partial charge in [0.2, 0.25) is 5.95 Å². The molecule has 0 aliphatic rings. The van der Waals surface area contributed by atoms with Gasteiger partial charge in [-0.1, -0.05) is 6.07 Å². The number of hydrogen-bond acceptors (Lipinski definition) is 7. The van der Waals surface area contributed by atoms with Crippen molar-refractivity contribution < 1.29 is 19.1 Å². The Balaban J connectivity index is 1.64. The van der Waals surface area contributed by atoms with Crippen LogP contribution in [-0.2, 0) is 4.74 Å². The van der Waals surface area contributed by atoms with E-state index in [1.807, 2.05) is 0 Å². The molecule has 0 atom stereocenters. The number of ether oxygens (including phenoxy) is 2. The van der Waals surface area contributed by atoms with Crippen LogP contribution < -0.4 is 15.4 Å². The Kier molecular flexibility index (Phi) is 5.81. The number of carbonyl (C=O) groups excluding carboxylic acids is 2. The highest BCUT2D eigenvalue weighted by Crippen LogP contribution is 2.18. The van der Waals surface area contributed by atoms with Crippen LogP contribution >= 0.6 is 0 Å². The number of carbonyl (C=O) groups is 2. The zero-order chi connectivity index (χ0) is 19.9. The molecule has 3 aromatic rings. The molecule has 142 valence electrons. The standard InChI is InChI=1S/C20H18N4O4/c1-27-17-5-3-4-16(10-17)23-18(25)14-11-21-20(22-12-14)24-15-8-6-13(7-9-15)19(26)28-2/h3-12H,1-2H3,(H,23,25)(H,21,22,24). The monoisotopic (exact) mass is 378 g/mol. The number of benzene rings is 2.